The van der Waals surface area contributed by atoms with Crippen LogP contribution in [0.15, 0.2) is 24.3 Å². The third-order valence-corrected chi connectivity index (χ3v) is 2.92. The highest BCUT2D eigenvalue weighted by Gasteiger charge is 2.16. The van der Waals surface area contributed by atoms with E-state index in [2.05, 4.69) is 45.0 Å². The van der Waals surface area contributed by atoms with Crippen molar-refractivity contribution in [2.24, 2.45) is 5.41 Å². The zero-order chi connectivity index (χ0) is 12.0. The van der Waals surface area contributed by atoms with Crippen molar-refractivity contribution in [2.45, 2.75) is 46.5 Å². The van der Waals surface area contributed by atoms with E-state index in [1.165, 1.54) is 30.4 Å². The lowest BCUT2D eigenvalue weighted by Crippen LogP contribution is -2.19. The lowest BCUT2D eigenvalue weighted by atomic mass is 9.86. The highest BCUT2D eigenvalue weighted by atomic mass is 16.3. The fourth-order valence-corrected chi connectivity index (χ4v) is 1.88. The van der Waals surface area contributed by atoms with Crippen molar-refractivity contribution in [3.63, 3.8) is 0 Å². The molecule has 0 spiro atoms. The van der Waals surface area contributed by atoms with Gasteiger partial charge in [-0.3, -0.25) is 0 Å². The molecule has 1 aromatic carbocycles. The maximum Gasteiger partial charge on any atom is 0.0485 e. The molecule has 1 rings (SSSR count). The van der Waals surface area contributed by atoms with Crippen molar-refractivity contribution in [3.05, 3.63) is 35.4 Å². The first-order valence-electron chi connectivity index (χ1n) is 6.26. The van der Waals surface area contributed by atoms with Crippen LogP contribution in [-0.4, -0.2) is 11.7 Å². The van der Waals surface area contributed by atoms with Gasteiger partial charge in [-0.2, -0.15) is 0 Å². The van der Waals surface area contributed by atoms with Crippen molar-refractivity contribution in [2.75, 3.05) is 6.61 Å². The fourth-order valence-electron chi connectivity index (χ4n) is 1.88. The van der Waals surface area contributed by atoms with E-state index in [1.807, 2.05) is 0 Å². The Balaban J connectivity index is 2.67. The molecule has 16 heavy (non-hydrogen) atoms. The van der Waals surface area contributed by atoms with Crippen LogP contribution in [0.5, 0.6) is 0 Å². The molecular weight excluding hydrogens is 196 g/mol. The van der Waals surface area contributed by atoms with Crippen LogP contribution in [0.2, 0.25) is 0 Å². The van der Waals surface area contributed by atoms with Gasteiger partial charge in [-0.1, -0.05) is 51.5 Å². The molecule has 0 fully saturated rings. The van der Waals surface area contributed by atoms with E-state index >= 15 is 0 Å². The van der Waals surface area contributed by atoms with E-state index in [1.54, 1.807) is 0 Å². The van der Waals surface area contributed by atoms with Crippen LogP contribution >= 0.6 is 0 Å². The Hall–Kier alpha value is -0.820. The lowest BCUT2D eigenvalue weighted by molar-refractivity contribution is 0.159. The zero-order valence-corrected chi connectivity index (χ0v) is 10.8. The van der Waals surface area contributed by atoms with Crippen LogP contribution in [-0.2, 0) is 12.8 Å². The van der Waals surface area contributed by atoms with E-state index in [0.717, 1.165) is 6.42 Å². The number of aliphatic hydroxyl groups is 1. The van der Waals surface area contributed by atoms with Crippen LogP contribution in [0, 0.1) is 5.41 Å². The molecule has 0 heterocycles. The zero-order valence-electron chi connectivity index (χ0n) is 10.8. The van der Waals surface area contributed by atoms with Crippen molar-refractivity contribution in [1.29, 1.82) is 0 Å². The summed E-state index contributed by atoms with van der Waals surface area (Å²) >= 11 is 0. The molecule has 0 amide bonds. The van der Waals surface area contributed by atoms with Crippen molar-refractivity contribution in [1.82, 2.24) is 0 Å². The number of hydrogen-bond acceptors (Lipinski definition) is 1. The maximum atomic E-state index is 9.27. The highest BCUT2D eigenvalue weighted by molar-refractivity contribution is 5.24. The summed E-state index contributed by atoms with van der Waals surface area (Å²) in [5.41, 5.74) is 2.75. The Labute approximate surface area is 99.5 Å². The SMILES string of the molecule is CCCCc1cccc(CC(C)(C)CO)c1. The monoisotopic (exact) mass is 220 g/mol. The molecule has 1 heteroatoms. The summed E-state index contributed by atoms with van der Waals surface area (Å²) in [6, 6.07) is 8.78. The van der Waals surface area contributed by atoms with E-state index in [-0.39, 0.29) is 12.0 Å². The molecule has 1 aromatic rings. The van der Waals surface area contributed by atoms with Gasteiger partial charge in [0.05, 0.1) is 0 Å². The molecule has 1 nitrogen and oxygen atoms in total. The van der Waals surface area contributed by atoms with Crippen LogP contribution in [0.25, 0.3) is 0 Å². The van der Waals surface area contributed by atoms with Crippen LogP contribution in [0.4, 0.5) is 0 Å². The molecular formula is C15H24O. The van der Waals surface area contributed by atoms with Gasteiger partial charge in [0, 0.05) is 6.61 Å². The number of aliphatic hydroxyl groups excluding tert-OH is 1. The molecule has 0 aromatic heterocycles. The minimum absolute atomic E-state index is 0.0105. The van der Waals surface area contributed by atoms with Crippen LogP contribution in [0.1, 0.15) is 44.7 Å². The Morgan fingerprint density at radius 2 is 1.88 bits per heavy atom. The number of benzene rings is 1. The average Bonchev–Trinajstić information content (AvgIpc) is 2.26. The van der Waals surface area contributed by atoms with E-state index < -0.39 is 0 Å². The van der Waals surface area contributed by atoms with Crippen LogP contribution in [0.3, 0.4) is 0 Å². The molecule has 0 saturated carbocycles. The Morgan fingerprint density at radius 1 is 1.19 bits per heavy atom. The molecule has 90 valence electrons. The van der Waals surface area contributed by atoms with E-state index in [4.69, 9.17) is 0 Å². The topological polar surface area (TPSA) is 20.2 Å². The molecule has 0 aliphatic rings. The number of hydrogen-bond donors (Lipinski definition) is 1. The standard InChI is InChI=1S/C15H24O/c1-4-5-7-13-8-6-9-14(10-13)11-15(2,3)12-16/h6,8-10,16H,4-5,7,11-12H2,1-3H3. The largest absolute Gasteiger partial charge is 0.396 e. The van der Waals surface area contributed by atoms with Crippen molar-refractivity contribution in [3.8, 4) is 0 Å². The normalized spacial score (nSPS) is 11.8. The number of unbranched alkanes of at least 4 members (excludes halogenated alkanes) is 1. The minimum atomic E-state index is -0.0105. The van der Waals surface area contributed by atoms with Gasteiger partial charge in [0.15, 0.2) is 0 Å². The second kappa shape index (κ2) is 6.05. The molecule has 0 atom stereocenters. The molecule has 0 unspecified atom stereocenters. The first-order chi connectivity index (χ1) is 7.57. The number of aryl methyl sites for hydroxylation is 1. The summed E-state index contributed by atoms with van der Waals surface area (Å²) in [7, 11) is 0. The quantitative estimate of drug-likeness (QED) is 0.776. The summed E-state index contributed by atoms with van der Waals surface area (Å²) < 4.78 is 0. The van der Waals surface area contributed by atoms with Gasteiger partial charge in [-0.15, -0.1) is 0 Å². The van der Waals surface area contributed by atoms with Crippen molar-refractivity contribution < 1.29 is 5.11 Å². The minimum Gasteiger partial charge on any atom is -0.396 e. The van der Waals surface area contributed by atoms with Crippen molar-refractivity contribution >= 4 is 0 Å². The predicted molar refractivity (Wildman–Crippen MR) is 69.6 cm³/mol. The van der Waals surface area contributed by atoms with Gasteiger partial charge in [-0.05, 0) is 35.8 Å². The second-order valence-electron chi connectivity index (χ2n) is 5.42. The third kappa shape index (κ3) is 4.36. The molecule has 0 bridgehead atoms. The summed E-state index contributed by atoms with van der Waals surface area (Å²) in [5, 5.41) is 9.27. The molecule has 0 aliphatic carbocycles. The van der Waals surface area contributed by atoms with Gasteiger partial charge in [0.2, 0.25) is 0 Å². The second-order valence-corrected chi connectivity index (χ2v) is 5.42. The van der Waals surface area contributed by atoms with Gasteiger partial charge in [0.1, 0.15) is 0 Å². The summed E-state index contributed by atoms with van der Waals surface area (Å²) in [5.74, 6) is 0. The molecule has 0 saturated heterocycles. The van der Waals surface area contributed by atoms with E-state index in [0.29, 0.717) is 0 Å². The van der Waals surface area contributed by atoms with Crippen LogP contribution < -0.4 is 0 Å². The Bertz CT molecular complexity index is 315. The predicted octanol–water partition coefficient (Wildman–Crippen LogP) is 3.59. The smallest absolute Gasteiger partial charge is 0.0485 e. The third-order valence-electron chi connectivity index (χ3n) is 2.92. The fraction of sp³-hybridized carbons (Fsp3) is 0.600. The molecule has 0 aliphatic heterocycles. The lowest BCUT2D eigenvalue weighted by Gasteiger charge is -2.21. The Morgan fingerprint density at radius 3 is 2.50 bits per heavy atom. The van der Waals surface area contributed by atoms with Gasteiger partial charge >= 0.3 is 0 Å². The van der Waals surface area contributed by atoms with Gasteiger partial charge in [-0.25, -0.2) is 0 Å². The Kier molecular flexibility index (Phi) is 5.01. The first-order valence-corrected chi connectivity index (χ1v) is 6.26. The summed E-state index contributed by atoms with van der Waals surface area (Å²) in [4.78, 5) is 0. The van der Waals surface area contributed by atoms with E-state index in [9.17, 15) is 5.11 Å². The summed E-state index contributed by atoms with van der Waals surface area (Å²) in [6.45, 7) is 6.67. The van der Waals surface area contributed by atoms with Gasteiger partial charge < -0.3 is 5.11 Å². The first kappa shape index (κ1) is 13.2. The maximum absolute atomic E-state index is 9.27. The summed E-state index contributed by atoms with van der Waals surface area (Å²) in [6.07, 6.45) is 4.62. The number of rotatable bonds is 6. The molecule has 1 N–H and O–H groups in total. The average molecular weight is 220 g/mol. The highest BCUT2D eigenvalue weighted by Crippen LogP contribution is 2.21. The molecule has 0 radical (unpaired) electrons. The van der Waals surface area contributed by atoms with Gasteiger partial charge in [0.25, 0.3) is 0 Å².